The highest BCUT2D eigenvalue weighted by Gasteiger charge is 2.10. The number of halogens is 1. The first-order chi connectivity index (χ1) is 12.6. The fourth-order valence-electron chi connectivity index (χ4n) is 2.24. The standard InChI is InChI=1S/C18H16BrN5O2/c1-26-18(25)11-5-7-13(8-6-11)23-16-15(20)17(22-10-21-16)24-14-4-2-3-12(19)9-14/h2-10H,20H2,1H3,(H2,21,22,23,24). The molecule has 26 heavy (non-hydrogen) atoms. The second-order valence-electron chi connectivity index (χ2n) is 5.31. The molecule has 0 bridgehead atoms. The number of aromatic nitrogens is 2. The summed E-state index contributed by atoms with van der Waals surface area (Å²) in [5.41, 5.74) is 8.60. The van der Waals surface area contributed by atoms with E-state index >= 15 is 0 Å². The highest BCUT2D eigenvalue weighted by atomic mass is 79.9. The maximum atomic E-state index is 11.5. The zero-order valence-corrected chi connectivity index (χ0v) is 15.4. The zero-order valence-electron chi connectivity index (χ0n) is 13.9. The Hall–Kier alpha value is -3.13. The third kappa shape index (κ3) is 4.09. The quantitative estimate of drug-likeness (QED) is 0.541. The van der Waals surface area contributed by atoms with E-state index in [4.69, 9.17) is 5.73 Å². The van der Waals surface area contributed by atoms with Gasteiger partial charge in [0.05, 0.1) is 12.7 Å². The first-order valence-electron chi connectivity index (χ1n) is 7.65. The number of rotatable bonds is 5. The number of nitrogens with zero attached hydrogens (tertiary/aromatic N) is 2. The van der Waals surface area contributed by atoms with Crippen molar-refractivity contribution in [1.82, 2.24) is 9.97 Å². The van der Waals surface area contributed by atoms with Gasteiger partial charge in [0, 0.05) is 15.8 Å². The number of benzene rings is 2. The number of ether oxygens (including phenoxy) is 1. The molecule has 132 valence electrons. The van der Waals surface area contributed by atoms with E-state index in [1.807, 2.05) is 24.3 Å². The average molecular weight is 414 g/mol. The van der Waals surface area contributed by atoms with Gasteiger partial charge < -0.3 is 21.1 Å². The normalized spacial score (nSPS) is 10.2. The topological polar surface area (TPSA) is 102 Å². The molecule has 3 rings (SSSR count). The second kappa shape index (κ2) is 7.83. The van der Waals surface area contributed by atoms with Crippen molar-refractivity contribution in [2.75, 3.05) is 23.5 Å². The molecule has 0 aliphatic carbocycles. The van der Waals surface area contributed by atoms with Crippen LogP contribution in [0.2, 0.25) is 0 Å². The number of methoxy groups -OCH3 is 1. The monoisotopic (exact) mass is 413 g/mol. The first-order valence-corrected chi connectivity index (χ1v) is 8.44. The Bertz CT molecular complexity index is 931. The highest BCUT2D eigenvalue weighted by Crippen LogP contribution is 2.29. The number of carbonyl (C=O) groups is 1. The molecule has 4 N–H and O–H groups in total. The summed E-state index contributed by atoms with van der Waals surface area (Å²) in [4.78, 5) is 19.9. The molecule has 7 nitrogen and oxygen atoms in total. The first kappa shape index (κ1) is 17.7. The van der Waals surface area contributed by atoms with Gasteiger partial charge in [-0.1, -0.05) is 22.0 Å². The molecule has 1 aromatic heterocycles. The lowest BCUT2D eigenvalue weighted by Crippen LogP contribution is -2.05. The number of esters is 1. The summed E-state index contributed by atoms with van der Waals surface area (Å²) in [5, 5.41) is 6.28. The maximum Gasteiger partial charge on any atom is 0.337 e. The van der Waals surface area contributed by atoms with Crippen molar-refractivity contribution < 1.29 is 9.53 Å². The number of nitrogens with two attached hydrogens (primary N) is 1. The van der Waals surface area contributed by atoms with Crippen LogP contribution >= 0.6 is 15.9 Å². The molecule has 0 atom stereocenters. The maximum absolute atomic E-state index is 11.5. The van der Waals surface area contributed by atoms with Crippen molar-refractivity contribution in [1.29, 1.82) is 0 Å². The van der Waals surface area contributed by atoms with Crippen LogP contribution in [0.4, 0.5) is 28.7 Å². The molecule has 0 saturated carbocycles. The van der Waals surface area contributed by atoms with Gasteiger partial charge in [-0.2, -0.15) is 0 Å². The van der Waals surface area contributed by atoms with Gasteiger partial charge in [0.1, 0.15) is 12.0 Å². The van der Waals surface area contributed by atoms with E-state index in [0.29, 0.717) is 22.9 Å². The SMILES string of the molecule is COC(=O)c1ccc(Nc2ncnc(Nc3cccc(Br)c3)c2N)cc1. The van der Waals surface area contributed by atoms with E-state index in [1.165, 1.54) is 13.4 Å². The van der Waals surface area contributed by atoms with Gasteiger partial charge in [0.25, 0.3) is 0 Å². The molecule has 0 amide bonds. The van der Waals surface area contributed by atoms with Crippen molar-refractivity contribution >= 4 is 50.6 Å². The predicted molar refractivity (Wildman–Crippen MR) is 105 cm³/mol. The van der Waals surface area contributed by atoms with E-state index in [2.05, 4.69) is 41.3 Å². The second-order valence-corrected chi connectivity index (χ2v) is 6.23. The van der Waals surface area contributed by atoms with Gasteiger partial charge >= 0.3 is 5.97 Å². The minimum atomic E-state index is -0.390. The van der Waals surface area contributed by atoms with E-state index < -0.39 is 5.97 Å². The van der Waals surface area contributed by atoms with E-state index in [-0.39, 0.29) is 0 Å². The molecular weight excluding hydrogens is 398 g/mol. The van der Waals surface area contributed by atoms with Crippen LogP contribution in [0.25, 0.3) is 0 Å². The summed E-state index contributed by atoms with van der Waals surface area (Å²) in [6.07, 6.45) is 1.42. The Kier molecular flexibility index (Phi) is 5.33. The summed E-state index contributed by atoms with van der Waals surface area (Å²) >= 11 is 3.42. The lowest BCUT2D eigenvalue weighted by atomic mass is 10.2. The van der Waals surface area contributed by atoms with Crippen LogP contribution in [-0.4, -0.2) is 23.0 Å². The Labute approximate surface area is 158 Å². The van der Waals surface area contributed by atoms with Gasteiger partial charge in [-0.3, -0.25) is 0 Å². The van der Waals surface area contributed by atoms with E-state index in [0.717, 1.165) is 15.8 Å². The molecule has 0 fully saturated rings. The van der Waals surface area contributed by atoms with E-state index in [1.54, 1.807) is 24.3 Å². The summed E-state index contributed by atoms with van der Waals surface area (Å²) in [7, 11) is 1.34. The molecule has 0 saturated heterocycles. The molecule has 0 aliphatic rings. The van der Waals surface area contributed by atoms with Crippen LogP contribution < -0.4 is 16.4 Å². The smallest absolute Gasteiger partial charge is 0.337 e. The molecule has 8 heteroatoms. The summed E-state index contributed by atoms with van der Waals surface area (Å²) in [6, 6.07) is 14.5. The summed E-state index contributed by atoms with van der Waals surface area (Å²) in [6.45, 7) is 0. The van der Waals surface area contributed by atoms with Crippen molar-refractivity contribution in [2.24, 2.45) is 0 Å². The Morgan fingerprint density at radius 2 is 1.69 bits per heavy atom. The number of carbonyl (C=O) groups excluding carboxylic acids is 1. The molecular formula is C18H16BrN5O2. The lowest BCUT2D eigenvalue weighted by molar-refractivity contribution is 0.0601. The summed E-state index contributed by atoms with van der Waals surface area (Å²) in [5.74, 6) is 0.564. The third-order valence-corrected chi connectivity index (χ3v) is 4.03. The largest absolute Gasteiger partial charge is 0.465 e. The lowest BCUT2D eigenvalue weighted by Gasteiger charge is -2.13. The molecule has 1 heterocycles. The van der Waals surface area contributed by atoms with Crippen LogP contribution in [-0.2, 0) is 4.74 Å². The summed E-state index contributed by atoms with van der Waals surface area (Å²) < 4.78 is 5.63. The fourth-order valence-corrected chi connectivity index (χ4v) is 2.64. The number of anilines is 5. The number of hydrogen-bond acceptors (Lipinski definition) is 7. The van der Waals surface area contributed by atoms with Crippen LogP contribution in [0.3, 0.4) is 0 Å². The molecule has 0 radical (unpaired) electrons. The number of nitrogens with one attached hydrogen (secondary N) is 2. The Morgan fingerprint density at radius 3 is 2.31 bits per heavy atom. The van der Waals surface area contributed by atoms with Gasteiger partial charge in [0.15, 0.2) is 11.6 Å². The zero-order chi connectivity index (χ0) is 18.5. The van der Waals surface area contributed by atoms with Crippen LogP contribution in [0, 0.1) is 0 Å². The van der Waals surface area contributed by atoms with Gasteiger partial charge in [-0.15, -0.1) is 0 Å². The van der Waals surface area contributed by atoms with E-state index in [9.17, 15) is 4.79 Å². The van der Waals surface area contributed by atoms with Gasteiger partial charge in [-0.25, -0.2) is 14.8 Å². The van der Waals surface area contributed by atoms with Crippen molar-refractivity contribution in [3.05, 3.63) is 64.9 Å². The van der Waals surface area contributed by atoms with Gasteiger partial charge in [-0.05, 0) is 42.5 Å². The molecule has 3 aromatic rings. The van der Waals surface area contributed by atoms with Crippen LogP contribution in [0.15, 0.2) is 59.3 Å². The van der Waals surface area contributed by atoms with Crippen molar-refractivity contribution in [2.45, 2.75) is 0 Å². The predicted octanol–water partition coefficient (Wildman–Crippen LogP) is 4.10. The van der Waals surface area contributed by atoms with Gasteiger partial charge in [0.2, 0.25) is 0 Å². The van der Waals surface area contributed by atoms with Crippen LogP contribution in [0.1, 0.15) is 10.4 Å². The molecule has 0 unspecified atom stereocenters. The van der Waals surface area contributed by atoms with Crippen molar-refractivity contribution in [3.8, 4) is 0 Å². The Balaban J connectivity index is 1.79. The minimum Gasteiger partial charge on any atom is -0.465 e. The van der Waals surface area contributed by atoms with Crippen LogP contribution in [0.5, 0.6) is 0 Å². The fraction of sp³-hybridized carbons (Fsp3) is 0.0556. The molecule has 2 aromatic carbocycles. The molecule has 0 aliphatic heterocycles. The minimum absolute atomic E-state index is 0.379. The third-order valence-electron chi connectivity index (χ3n) is 3.54. The molecule has 0 spiro atoms. The van der Waals surface area contributed by atoms with Crippen molar-refractivity contribution in [3.63, 3.8) is 0 Å². The Morgan fingerprint density at radius 1 is 1.04 bits per heavy atom. The number of nitrogen functional groups attached to an aromatic ring is 1. The number of hydrogen-bond donors (Lipinski definition) is 3. The average Bonchev–Trinajstić information content (AvgIpc) is 2.65. The highest BCUT2D eigenvalue weighted by molar-refractivity contribution is 9.10.